The van der Waals surface area contributed by atoms with Gasteiger partial charge in [-0.3, -0.25) is 4.79 Å². The quantitative estimate of drug-likeness (QED) is 0.209. The average molecular weight is 726 g/mol. The number of aromatic nitrogens is 4. The van der Waals surface area contributed by atoms with Crippen LogP contribution in [0.25, 0.3) is 28.6 Å². The maximum Gasteiger partial charge on any atom is 0.423 e. The van der Waals surface area contributed by atoms with Crippen molar-refractivity contribution in [2.75, 3.05) is 18.0 Å². The highest BCUT2D eigenvalue weighted by atomic mass is 79.9. The zero-order valence-electron chi connectivity index (χ0n) is 29.2. The van der Waals surface area contributed by atoms with Gasteiger partial charge in [0.1, 0.15) is 11.2 Å². The van der Waals surface area contributed by atoms with Gasteiger partial charge in [0.25, 0.3) is 5.89 Å². The van der Waals surface area contributed by atoms with Crippen molar-refractivity contribution in [3.63, 3.8) is 0 Å². The smallest absolute Gasteiger partial charge is 0.423 e. The number of alkyl halides is 1. The lowest BCUT2D eigenvalue weighted by Gasteiger charge is -2.30. The standard InChI is InChI=1S/C35H45BrN6O6/c1-10-35(8,9)19-26(43)42(32(45)48-34(5,6)7)28-27(30-40-39-29(46-30)24-13-11-22(20-36)12-14-24)38-25(21-37-28)23-15-17-41(18-16-23)31(44)47-33(2,3)4/h11-15,21H,10,16-20H2,1-9H3. The molecule has 258 valence electrons. The molecule has 0 radical (unpaired) electrons. The van der Waals surface area contributed by atoms with Crippen molar-refractivity contribution in [2.45, 2.75) is 98.1 Å². The lowest BCUT2D eigenvalue weighted by atomic mass is 9.86. The Bertz CT molecular complexity index is 1670. The molecular weight excluding hydrogens is 680 g/mol. The summed E-state index contributed by atoms with van der Waals surface area (Å²) >= 11 is 3.45. The lowest BCUT2D eigenvalue weighted by Crippen LogP contribution is -2.43. The third-order valence-corrected chi connectivity index (χ3v) is 8.20. The predicted molar refractivity (Wildman–Crippen MR) is 186 cm³/mol. The van der Waals surface area contributed by atoms with E-state index < -0.39 is 34.7 Å². The molecule has 3 amide bonds. The third-order valence-electron chi connectivity index (χ3n) is 7.55. The number of hydrogen-bond donors (Lipinski definition) is 0. The van der Waals surface area contributed by atoms with E-state index in [1.807, 2.05) is 71.9 Å². The molecule has 0 saturated carbocycles. The summed E-state index contributed by atoms with van der Waals surface area (Å²) < 4.78 is 17.3. The zero-order chi connectivity index (χ0) is 35.4. The van der Waals surface area contributed by atoms with E-state index in [1.165, 1.54) is 6.20 Å². The summed E-state index contributed by atoms with van der Waals surface area (Å²) in [5.74, 6) is -0.380. The Labute approximate surface area is 290 Å². The van der Waals surface area contributed by atoms with Crippen molar-refractivity contribution < 1.29 is 28.3 Å². The van der Waals surface area contributed by atoms with Gasteiger partial charge in [-0.2, -0.15) is 4.90 Å². The molecule has 2 aromatic heterocycles. The highest BCUT2D eigenvalue weighted by Gasteiger charge is 2.36. The van der Waals surface area contributed by atoms with Gasteiger partial charge in [-0.05, 0) is 76.6 Å². The van der Waals surface area contributed by atoms with Crippen molar-refractivity contribution in [3.8, 4) is 23.0 Å². The van der Waals surface area contributed by atoms with Crippen LogP contribution < -0.4 is 4.90 Å². The van der Waals surface area contributed by atoms with Crippen LogP contribution in [0, 0.1) is 5.41 Å². The lowest BCUT2D eigenvalue weighted by molar-refractivity contribution is -0.120. The Kier molecular flexibility index (Phi) is 11.1. The van der Waals surface area contributed by atoms with E-state index in [2.05, 4.69) is 31.1 Å². The first-order valence-electron chi connectivity index (χ1n) is 16.0. The number of ether oxygens (including phenoxy) is 2. The van der Waals surface area contributed by atoms with E-state index in [0.717, 1.165) is 16.0 Å². The number of hydrogen-bond acceptors (Lipinski definition) is 10. The predicted octanol–water partition coefficient (Wildman–Crippen LogP) is 8.21. The highest BCUT2D eigenvalue weighted by Crippen LogP contribution is 2.35. The Balaban J connectivity index is 1.81. The highest BCUT2D eigenvalue weighted by molar-refractivity contribution is 9.08. The number of carbonyl (C=O) groups is 3. The first-order chi connectivity index (χ1) is 22.4. The molecule has 48 heavy (non-hydrogen) atoms. The van der Waals surface area contributed by atoms with Crippen LogP contribution in [0.15, 0.2) is 41.0 Å². The minimum atomic E-state index is -0.894. The molecule has 0 atom stereocenters. The molecule has 0 fully saturated rings. The fourth-order valence-electron chi connectivity index (χ4n) is 4.64. The third kappa shape index (κ3) is 9.48. The number of amides is 3. The molecular formula is C35H45BrN6O6. The minimum Gasteiger partial charge on any atom is -0.444 e. The first-order valence-corrected chi connectivity index (χ1v) is 17.1. The molecule has 0 spiro atoms. The minimum absolute atomic E-state index is 0.0261. The number of anilines is 1. The van der Waals surface area contributed by atoms with Crippen LogP contribution in [-0.2, 0) is 19.6 Å². The van der Waals surface area contributed by atoms with Crippen LogP contribution in [0.1, 0.15) is 92.8 Å². The van der Waals surface area contributed by atoms with Crippen LogP contribution in [0.3, 0.4) is 0 Å². The van der Waals surface area contributed by atoms with Gasteiger partial charge in [0, 0.05) is 30.4 Å². The van der Waals surface area contributed by atoms with E-state index in [-0.39, 0.29) is 29.7 Å². The van der Waals surface area contributed by atoms with Gasteiger partial charge in [-0.15, -0.1) is 10.2 Å². The number of halogens is 1. The Morgan fingerprint density at radius 3 is 2.17 bits per heavy atom. The molecule has 0 saturated heterocycles. The average Bonchev–Trinajstić information content (AvgIpc) is 3.50. The molecule has 4 rings (SSSR count). The van der Waals surface area contributed by atoms with E-state index in [4.69, 9.17) is 18.9 Å². The Hall–Kier alpha value is -4.13. The molecule has 1 aliphatic heterocycles. The van der Waals surface area contributed by atoms with Gasteiger partial charge in [-0.25, -0.2) is 19.6 Å². The topological polar surface area (TPSA) is 141 Å². The maximum absolute atomic E-state index is 13.9. The van der Waals surface area contributed by atoms with E-state index >= 15 is 0 Å². The van der Waals surface area contributed by atoms with E-state index in [1.54, 1.807) is 25.7 Å². The summed E-state index contributed by atoms with van der Waals surface area (Å²) in [5.41, 5.74) is 1.20. The van der Waals surface area contributed by atoms with Crippen molar-refractivity contribution in [1.29, 1.82) is 0 Å². The van der Waals surface area contributed by atoms with Crippen LogP contribution in [0.2, 0.25) is 0 Å². The van der Waals surface area contributed by atoms with Crippen molar-refractivity contribution in [2.24, 2.45) is 5.41 Å². The molecule has 1 aliphatic rings. The molecule has 0 unspecified atom stereocenters. The van der Waals surface area contributed by atoms with Gasteiger partial charge in [0.15, 0.2) is 11.5 Å². The van der Waals surface area contributed by atoms with Gasteiger partial charge in [0.2, 0.25) is 11.8 Å². The second-order valence-corrected chi connectivity index (χ2v) is 15.0. The molecule has 3 aromatic rings. The van der Waals surface area contributed by atoms with Crippen LogP contribution >= 0.6 is 15.9 Å². The monoisotopic (exact) mass is 724 g/mol. The summed E-state index contributed by atoms with van der Waals surface area (Å²) in [6, 6.07) is 7.61. The normalized spacial score (nSPS) is 14.0. The second kappa shape index (κ2) is 14.6. The summed E-state index contributed by atoms with van der Waals surface area (Å²) in [6.07, 6.45) is 3.31. The van der Waals surface area contributed by atoms with Gasteiger partial charge in [0.05, 0.1) is 11.9 Å². The number of carbonyl (C=O) groups excluding carboxylic acids is 3. The second-order valence-electron chi connectivity index (χ2n) is 14.5. The van der Waals surface area contributed by atoms with Crippen LogP contribution in [-0.4, -0.2) is 67.5 Å². The van der Waals surface area contributed by atoms with Crippen LogP contribution in [0.4, 0.5) is 15.4 Å². The maximum atomic E-state index is 13.9. The Morgan fingerprint density at radius 1 is 0.958 bits per heavy atom. The molecule has 0 N–H and O–H groups in total. The SMILES string of the molecule is CCC(C)(C)CC(=O)N(C(=O)OC(C)(C)C)c1ncc(C2=CCN(C(=O)OC(C)(C)C)CC2)nc1-c1nnc(-c2ccc(CBr)cc2)o1. The number of imide groups is 1. The van der Waals surface area contributed by atoms with E-state index in [0.29, 0.717) is 42.5 Å². The fourth-order valence-corrected chi connectivity index (χ4v) is 5.01. The number of benzene rings is 1. The summed E-state index contributed by atoms with van der Waals surface area (Å²) in [5, 5.41) is 9.23. The van der Waals surface area contributed by atoms with E-state index in [9.17, 15) is 14.4 Å². The molecule has 12 nitrogen and oxygen atoms in total. The Morgan fingerprint density at radius 2 is 1.60 bits per heavy atom. The largest absolute Gasteiger partial charge is 0.444 e. The van der Waals surface area contributed by atoms with Crippen molar-refractivity contribution in [1.82, 2.24) is 25.1 Å². The fraction of sp³-hybridized carbons (Fsp3) is 0.514. The summed E-state index contributed by atoms with van der Waals surface area (Å²) in [7, 11) is 0. The number of rotatable bonds is 8. The molecule has 1 aromatic carbocycles. The molecule has 0 bridgehead atoms. The van der Waals surface area contributed by atoms with Gasteiger partial charge in [-0.1, -0.05) is 61.3 Å². The molecule has 3 heterocycles. The van der Waals surface area contributed by atoms with Crippen molar-refractivity contribution >= 4 is 45.4 Å². The van der Waals surface area contributed by atoms with Crippen LogP contribution in [0.5, 0.6) is 0 Å². The summed E-state index contributed by atoms with van der Waals surface area (Å²) in [4.78, 5) is 52.3. The van der Waals surface area contributed by atoms with Crippen molar-refractivity contribution in [3.05, 3.63) is 47.8 Å². The first kappa shape index (κ1) is 36.7. The van der Waals surface area contributed by atoms with Gasteiger partial charge >= 0.3 is 12.2 Å². The van der Waals surface area contributed by atoms with Gasteiger partial charge < -0.3 is 18.8 Å². The zero-order valence-corrected chi connectivity index (χ0v) is 30.8. The number of nitrogens with zero attached hydrogens (tertiary/aromatic N) is 6. The molecule has 13 heteroatoms. The molecule has 0 aliphatic carbocycles. The summed E-state index contributed by atoms with van der Waals surface area (Å²) in [6.45, 7) is 17.2.